The summed E-state index contributed by atoms with van der Waals surface area (Å²) >= 11 is 0. The van der Waals surface area contributed by atoms with Gasteiger partial charge in [-0.15, -0.1) is 0 Å². The Morgan fingerprint density at radius 1 is 1.07 bits per heavy atom. The first-order chi connectivity index (χ1) is 7.20. The van der Waals surface area contributed by atoms with Gasteiger partial charge in [-0.3, -0.25) is 0 Å². The lowest BCUT2D eigenvalue weighted by Crippen LogP contribution is -2.26. The minimum atomic E-state index is 0.902. The molecule has 0 saturated heterocycles. The highest BCUT2D eigenvalue weighted by Gasteiger charge is 2.05. The predicted octanol–water partition coefficient (Wildman–Crippen LogP) is 2.74. The molecule has 15 heavy (non-hydrogen) atoms. The molecule has 0 fully saturated rings. The summed E-state index contributed by atoms with van der Waals surface area (Å²) in [4.78, 5) is 2.25. The van der Waals surface area contributed by atoms with Crippen LogP contribution >= 0.6 is 0 Å². The molecule has 0 rings (SSSR count). The number of nitrogens with zero attached hydrogens (tertiary/aromatic N) is 1. The summed E-state index contributed by atoms with van der Waals surface area (Å²) in [6, 6.07) is 0. The van der Waals surface area contributed by atoms with Crippen molar-refractivity contribution in [2.24, 2.45) is 5.92 Å². The second kappa shape index (κ2) is 10.4. The fraction of sp³-hybridized carbons (Fsp3) is 1.00. The molecule has 0 heterocycles. The van der Waals surface area contributed by atoms with Gasteiger partial charge in [0.15, 0.2) is 0 Å². The first-order valence-corrected chi connectivity index (χ1v) is 6.56. The zero-order chi connectivity index (χ0) is 11.5. The maximum atomic E-state index is 3.58. The van der Waals surface area contributed by atoms with Crippen LogP contribution in [0.25, 0.3) is 0 Å². The third kappa shape index (κ3) is 10.2. The van der Waals surface area contributed by atoms with E-state index in [0.717, 1.165) is 5.92 Å². The molecule has 0 aliphatic rings. The van der Waals surface area contributed by atoms with Gasteiger partial charge in [0.05, 0.1) is 0 Å². The average Bonchev–Trinajstić information content (AvgIpc) is 2.17. The van der Waals surface area contributed by atoms with Crippen LogP contribution < -0.4 is 5.32 Å². The minimum absolute atomic E-state index is 0.902. The van der Waals surface area contributed by atoms with Crippen molar-refractivity contribution in [2.75, 3.05) is 33.7 Å². The maximum Gasteiger partial charge on any atom is -0.00127 e. The lowest BCUT2D eigenvalue weighted by atomic mass is 9.98. The molecule has 0 radical (unpaired) electrons. The number of rotatable bonds is 10. The maximum absolute atomic E-state index is 3.58. The van der Waals surface area contributed by atoms with Crippen LogP contribution in [0.1, 0.15) is 46.0 Å². The Labute approximate surface area is 96.4 Å². The van der Waals surface area contributed by atoms with Gasteiger partial charge in [-0.2, -0.15) is 0 Å². The Morgan fingerprint density at radius 3 is 2.13 bits per heavy atom. The molecule has 1 N–H and O–H groups in total. The topological polar surface area (TPSA) is 15.3 Å². The van der Waals surface area contributed by atoms with Gasteiger partial charge in [0.2, 0.25) is 0 Å². The lowest BCUT2D eigenvalue weighted by Gasteiger charge is -2.16. The molecule has 2 nitrogen and oxygen atoms in total. The summed E-state index contributed by atoms with van der Waals surface area (Å²) < 4.78 is 0. The van der Waals surface area contributed by atoms with Crippen LogP contribution in [0.2, 0.25) is 0 Å². The van der Waals surface area contributed by atoms with Gasteiger partial charge in [0, 0.05) is 0 Å². The number of hydrogen-bond donors (Lipinski definition) is 1. The summed E-state index contributed by atoms with van der Waals surface area (Å²) in [5.74, 6) is 0.902. The monoisotopic (exact) mass is 214 g/mol. The molecule has 0 aromatic carbocycles. The van der Waals surface area contributed by atoms with E-state index in [-0.39, 0.29) is 0 Å². The summed E-state index contributed by atoms with van der Waals surface area (Å²) in [7, 11) is 4.27. The number of nitrogens with one attached hydrogen (secondary N) is 1. The standard InChI is InChI=1S/C13H30N2/c1-5-8-13(9-6-2)12-14-10-7-11-15(3)4/h13-14H,5-12H2,1-4H3. The van der Waals surface area contributed by atoms with E-state index in [1.165, 1.54) is 51.7 Å². The summed E-state index contributed by atoms with van der Waals surface area (Å²) in [6.07, 6.45) is 6.68. The molecule has 0 spiro atoms. The van der Waals surface area contributed by atoms with Gasteiger partial charge in [-0.05, 0) is 58.9 Å². The molecule has 0 saturated carbocycles. The van der Waals surface area contributed by atoms with Crippen LogP contribution in [0.3, 0.4) is 0 Å². The highest BCUT2D eigenvalue weighted by molar-refractivity contribution is 4.62. The highest BCUT2D eigenvalue weighted by atomic mass is 15.1. The Kier molecular flexibility index (Phi) is 10.4. The minimum Gasteiger partial charge on any atom is -0.316 e. The average molecular weight is 214 g/mol. The zero-order valence-corrected chi connectivity index (χ0v) is 11.2. The second-order valence-corrected chi connectivity index (χ2v) is 4.80. The van der Waals surface area contributed by atoms with Crippen molar-refractivity contribution in [3.8, 4) is 0 Å². The molecule has 0 aromatic rings. The quantitative estimate of drug-likeness (QED) is 0.563. The Balaban J connectivity index is 3.36. The molecule has 2 heteroatoms. The fourth-order valence-corrected chi connectivity index (χ4v) is 1.99. The van der Waals surface area contributed by atoms with E-state index in [1.807, 2.05) is 0 Å². The highest BCUT2D eigenvalue weighted by Crippen LogP contribution is 2.11. The van der Waals surface area contributed by atoms with E-state index < -0.39 is 0 Å². The molecule has 0 atom stereocenters. The molecule has 0 aliphatic carbocycles. The molecule has 92 valence electrons. The third-order valence-corrected chi connectivity index (χ3v) is 2.79. The van der Waals surface area contributed by atoms with Crippen molar-refractivity contribution >= 4 is 0 Å². The smallest absolute Gasteiger partial charge is 0.00127 e. The van der Waals surface area contributed by atoms with Gasteiger partial charge in [0.25, 0.3) is 0 Å². The van der Waals surface area contributed by atoms with Crippen LogP contribution in [-0.2, 0) is 0 Å². The van der Waals surface area contributed by atoms with E-state index in [4.69, 9.17) is 0 Å². The van der Waals surface area contributed by atoms with Crippen LogP contribution in [0.5, 0.6) is 0 Å². The van der Waals surface area contributed by atoms with Crippen molar-refractivity contribution in [3.05, 3.63) is 0 Å². The van der Waals surface area contributed by atoms with Crippen molar-refractivity contribution in [1.82, 2.24) is 10.2 Å². The van der Waals surface area contributed by atoms with Gasteiger partial charge >= 0.3 is 0 Å². The van der Waals surface area contributed by atoms with Crippen molar-refractivity contribution in [2.45, 2.75) is 46.0 Å². The molecule has 0 unspecified atom stereocenters. The molecule has 0 bridgehead atoms. The predicted molar refractivity (Wildman–Crippen MR) is 69.3 cm³/mol. The van der Waals surface area contributed by atoms with Crippen LogP contribution in [-0.4, -0.2) is 38.6 Å². The largest absolute Gasteiger partial charge is 0.316 e. The number of hydrogen-bond acceptors (Lipinski definition) is 2. The Bertz CT molecular complexity index is 118. The molecular formula is C13H30N2. The van der Waals surface area contributed by atoms with E-state index >= 15 is 0 Å². The molecule has 0 amide bonds. The molecule has 0 aromatic heterocycles. The zero-order valence-electron chi connectivity index (χ0n) is 11.2. The van der Waals surface area contributed by atoms with Gasteiger partial charge in [-0.1, -0.05) is 26.7 Å². The van der Waals surface area contributed by atoms with E-state index in [1.54, 1.807) is 0 Å². The van der Waals surface area contributed by atoms with Gasteiger partial charge in [0.1, 0.15) is 0 Å². The first kappa shape index (κ1) is 14.9. The summed E-state index contributed by atoms with van der Waals surface area (Å²) in [5.41, 5.74) is 0. The van der Waals surface area contributed by atoms with Crippen molar-refractivity contribution < 1.29 is 0 Å². The van der Waals surface area contributed by atoms with Crippen LogP contribution in [0.4, 0.5) is 0 Å². The normalized spacial score (nSPS) is 11.6. The third-order valence-electron chi connectivity index (χ3n) is 2.79. The van der Waals surface area contributed by atoms with E-state index in [0.29, 0.717) is 0 Å². The van der Waals surface area contributed by atoms with E-state index in [9.17, 15) is 0 Å². The summed E-state index contributed by atoms with van der Waals surface area (Å²) in [5, 5.41) is 3.58. The fourth-order valence-electron chi connectivity index (χ4n) is 1.99. The van der Waals surface area contributed by atoms with Crippen molar-refractivity contribution in [3.63, 3.8) is 0 Å². The Morgan fingerprint density at radius 2 is 1.67 bits per heavy atom. The van der Waals surface area contributed by atoms with Crippen molar-refractivity contribution in [1.29, 1.82) is 0 Å². The van der Waals surface area contributed by atoms with E-state index in [2.05, 4.69) is 38.2 Å². The molecule has 0 aliphatic heterocycles. The molecular weight excluding hydrogens is 184 g/mol. The second-order valence-electron chi connectivity index (χ2n) is 4.80. The SMILES string of the molecule is CCCC(CCC)CNCCCN(C)C. The van der Waals surface area contributed by atoms with Crippen LogP contribution in [0.15, 0.2) is 0 Å². The van der Waals surface area contributed by atoms with Gasteiger partial charge < -0.3 is 10.2 Å². The first-order valence-electron chi connectivity index (χ1n) is 6.56. The van der Waals surface area contributed by atoms with Gasteiger partial charge in [-0.25, -0.2) is 0 Å². The Hall–Kier alpha value is -0.0800. The summed E-state index contributed by atoms with van der Waals surface area (Å²) in [6.45, 7) is 8.15. The lowest BCUT2D eigenvalue weighted by molar-refractivity contribution is 0.375. The van der Waals surface area contributed by atoms with Crippen LogP contribution in [0, 0.1) is 5.92 Å².